The summed E-state index contributed by atoms with van der Waals surface area (Å²) in [5.41, 5.74) is 10.6. The van der Waals surface area contributed by atoms with E-state index < -0.39 is 11.6 Å². The molecule has 10 heteroatoms. The SMILES string of the molecule is C=CCNC(=O)[C@]1(Cc2ccccc2CN=[N+]=[N-])N=C(c2ccc(OCCCO)cc2)O[C@@H]1c1ccccc1Br. The predicted molar refractivity (Wildman–Crippen MR) is 157 cm³/mol. The molecule has 0 unspecified atom stereocenters. The van der Waals surface area contributed by atoms with Crippen molar-refractivity contribution in [3.05, 3.63) is 123 Å². The maximum Gasteiger partial charge on any atom is 0.252 e. The number of ether oxygens (including phenoxy) is 2. The number of hydrogen-bond donors (Lipinski definition) is 2. The van der Waals surface area contributed by atoms with Crippen LogP contribution in [0.15, 0.2) is 100 Å². The number of rotatable bonds is 13. The molecule has 0 spiro atoms. The fourth-order valence-corrected chi connectivity index (χ4v) is 5.04. The highest BCUT2D eigenvalue weighted by Crippen LogP contribution is 2.45. The Kier molecular flexibility index (Phi) is 9.96. The minimum absolute atomic E-state index is 0.0567. The summed E-state index contributed by atoms with van der Waals surface area (Å²) in [6.45, 7) is 4.60. The lowest BCUT2D eigenvalue weighted by molar-refractivity contribution is -0.128. The van der Waals surface area contributed by atoms with E-state index in [4.69, 9.17) is 25.1 Å². The van der Waals surface area contributed by atoms with Crippen LogP contribution in [0.5, 0.6) is 5.75 Å². The number of nitrogens with zero attached hydrogens (tertiary/aromatic N) is 4. The van der Waals surface area contributed by atoms with Crippen molar-refractivity contribution in [2.75, 3.05) is 19.8 Å². The van der Waals surface area contributed by atoms with Crippen molar-refractivity contribution in [3.63, 3.8) is 0 Å². The molecular formula is C30H30BrN5O4. The van der Waals surface area contributed by atoms with Gasteiger partial charge in [0.2, 0.25) is 5.90 Å². The first-order chi connectivity index (χ1) is 19.5. The summed E-state index contributed by atoms with van der Waals surface area (Å²) >= 11 is 3.64. The zero-order valence-electron chi connectivity index (χ0n) is 21.9. The third-order valence-electron chi connectivity index (χ3n) is 6.51. The van der Waals surface area contributed by atoms with Crippen LogP contribution >= 0.6 is 15.9 Å². The van der Waals surface area contributed by atoms with Gasteiger partial charge in [-0.1, -0.05) is 69.6 Å². The van der Waals surface area contributed by atoms with Gasteiger partial charge in [-0.15, -0.1) is 6.58 Å². The molecule has 0 aliphatic carbocycles. The Balaban J connectivity index is 1.82. The molecule has 4 rings (SSSR count). The topological polar surface area (TPSA) is 129 Å². The van der Waals surface area contributed by atoms with Gasteiger partial charge >= 0.3 is 0 Å². The van der Waals surface area contributed by atoms with Gasteiger partial charge < -0.3 is 19.9 Å². The zero-order chi connectivity index (χ0) is 28.4. The molecule has 3 aromatic rings. The molecule has 0 bridgehead atoms. The summed E-state index contributed by atoms with van der Waals surface area (Å²) in [4.78, 5) is 22.0. The smallest absolute Gasteiger partial charge is 0.252 e. The number of halogens is 1. The van der Waals surface area contributed by atoms with Crippen LogP contribution in [0.2, 0.25) is 0 Å². The van der Waals surface area contributed by atoms with Crippen molar-refractivity contribution < 1.29 is 19.4 Å². The average Bonchev–Trinajstić information content (AvgIpc) is 3.36. The van der Waals surface area contributed by atoms with Gasteiger partial charge in [-0.2, -0.15) is 0 Å². The van der Waals surface area contributed by atoms with Gasteiger partial charge in [0.15, 0.2) is 11.6 Å². The van der Waals surface area contributed by atoms with Crippen LogP contribution < -0.4 is 10.1 Å². The van der Waals surface area contributed by atoms with E-state index in [0.29, 0.717) is 30.2 Å². The maximum absolute atomic E-state index is 14.0. The van der Waals surface area contributed by atoms with Gasteiger partial charge in [0.1, 0.15) is 5.75 Å². The number of aliphatic imine (C=N–C) groups is 1. The van der Waals surface area contributed by atoms with Gasteiger partial charge in [0, 0.05) is 46.5 Å². The second-order valence-electron chi connectivity index (χ2n) is 9.14. The lowest BCUT2D eigenvalue weighted by atomic mass is 9.81. The minimum atomic E-state index is -1.38. The number of azide groups is 1. The minimum Gasteiger partial charge on any atom is -0.494 e. The van der Waals surface area contributed by atoms with E-state index in [2.05, 4.69) is 37.9 Å². The Bertz CT molecular complexity index is 1420. The fraction of sp³-hybridized carbons (Fsp3) is 0.267. The zero-order valence-corrected chi connectivity index (χ0v) is 23.5. The third-order valence-corrected chi connectivity index (χ3v) is 7.23. The van der Waals surface area contributed by atoms with E-state index in [1.807, 2.05) is 60.7 Å². The van der Waals surface area contributed by atoms with Gasteiger partial charge in [-0.25, -0.2) is 4.99 Å². The molecular weight excluding hydrogens is 574 g/mol. The van der Waals surface area contributed by atoms with Gasteiger partial charge in [-0.3, -0.25) is 4.79 Å². The van der Waals surface area contributed by atoms with E-state index >= 15 is 0 Å². The van der Waals surface area contributed by atoms with Crippen LogP contribution in [0.1, 0.15) is 34.8 Å². The highest BCUT2D eigenvalue weighted by molar-refractivity contribution is 9.10. The highest BCUT2D eigenvalue weighted by Gasteiger charge is 2.53. The predicted octanol–water partition coefficient (Wildman–Crippen LogP) is 5.82. The molecule has 1 heterocycles. The fourth-order valence-electron chi connectivity index (χ4n) is 4.55. The van der Waals surface area contributed by atoms with Crippen LogP contribution in [0.25, 0.3) is 10.4 Å². The lowest BCUT2D eigenvalue weighted by Crippen LogP contribution is -2.50. The van der Waals surface area contributed by atoms with Crippen molar-refractivity contribution in [2.45, 2.75) is 31.0 Å². The molecule has 2 N–H and O–H groups in total. The Morgan fingerprint density at radius 3 is 2.60 bits per heavy atom. The molecule has 2 atom stereocenters. The van der Waals surface area contributed by atoms with E-state index in [1.165, 1.54) is 0 Å². The molecule has 0 saturated heterocycles. The van der Waals surface area contributed by atoms with Crippen LogP contribution in [0.4, 0.5) is 0 Å². The summed E-state index contributed by atoms with van der Waals surface area (Å²) in [6.07, 6.45) is 1.58. The second kappa shape index (κ2) is 13.8. The van der Waals surface area contributed by atoms with Crippen molar-refractivity contribution in [1.29, 1.82) is 0 Å². The number of amides is 1. The van der Waals surface area contributed by atoms with Crippen LogP contribution in [-0.2, 0) is 22.5 Å². The summed E-state index contributed by atoms with van der Waals surface area (Å²) in [5.74, 6) is 0.662. The molecule has 3 aromatic carbocycles. The molecule has 1 aliphatic heterocycles. The van der Waals surface area contributed by atoms with Crippen molar-refractivity contribution in [3.8, 4) is 5.75 Å². The summed E-state index contributed by atoms with van der Waals surface area (Å²) in [6, 6.07) is 22.4. The standard InChI is InChI=1S/C30H30BrN5O4/c1-2-16-33-29(38)30(19-22-8-3-4-9-23(22)20-34-36-32)27(25-10-5-6-11-26(25)31)40-28(35-30)21-12-14-24(15-13-21)39-18-7-17-37/h2-6,8-15,27,37H,1,7,16-20H2,(H,33,38)/t27-,30-/m1/s1. The van der Waals surface area contributed by atoms with Crippen LogP contribution in [0.3, 0.4) is 0 Å². The van der Waals surface area contributed by atoms with E-state index in [-0.39, 0.29) is 32.0 Å². The molecule has 0 fully saturated rings. The van der Waals surface area contributed by atoms with E-state index in [0.717, 1.165) is 21.2 Å². The number of carbonyl (C=O) groups excluding carboxylic acids is 1. The first-order valence-corrected chi connectivity index (χ1v) is 13.6. The average molecular weight is 605 g/mol. The largest absolute Gasteiger partial charge is 0.494 e. The Morgan fingerprint density at radius 1 is 1.18 bits per heavy atom. The van der Waals surface area contributed by atoms with E-state index in [1.54, 1.807) is 18.2 Å². The normalized spacial score (nSPS) is 17.8. The Morgan fingerprint density at radius 2 is 1.90 bits per heavy atom. The summed E-state index contributed by atoms with van der Waals surface area (Å²) in [5, 5.41) is 15.7. The van der Waals surface area contributed by atoms with E-state index in [9.17, 15) is 4.79 Å². The molecule has 0 saturated carbocycles. The molecule has 1 amide bonds. The number of carbonyl (C=O) groups is 1. The number of hydrogen-bond acceptors (Lipinski definition) is 6. The first-order valence-electron chi connectivity index (χ1n) is 12.8. The number of aliphatic hydroxyl groups excluding tert-OH is 1. The van der Waals surface area contributed by atoms with Crippen molar-refractivity contribution >= 4 is 27.7 Å². The molecule has 0 aromatic heterocycles. The van der Waals surface area contributed by atoms with Crippen LogP contribution in [0, 0.1) is 0 Å². The quantitative estimate of drug-likeness (QED) is 0.0837. The first kappa shape index (κ1) is 28.9. The van der Waals surface area contributed by atoms with Gasteiger partial charge in [-0.05, 0) is 47.0 Å². The van der Waals surface area contributed by atoms with Crippen molar-refractivity contribution in [2.24, 2.45) is 10.1 Å². The number of nitrogens with one attached hydrogen (secondary N) is 1. The number of aliphatic hydroxyl groups is 1. The molecule has 9 nitrogen and oxygen atoms in total. The second-order valence-corrected chi connectivity index (χ2v) is 10.00. The molecule has 0 radical (unpaired) electrons. The van der Waals surface area contributed by atoms with Gasteiger partial charge in [0.25, 0.3) is 5.91 Å². The monoisotopic (exact) mass is 603 g/mol. The Hall–Kier alpha value is -4.11. The molecule has 206 valence electrons. The van der Waals surface area contributed by atoms with Gasteiger partial charge in [0.05, 0.1) is 13.2 Å². The number of benzene rings is 3. The van der Waals surface area contributed by atoms with Crippen molar-refractivity contribution in [1.82, 2.24) is 5.32 Å². The van der Waals surface area contributed by atoms with Crippen LogP contribution in [-0.4, -0.2) is 42.2 Å². The summed E-state index contributed by atoms with van der Waals surface area (Å²) < 4.78 is 13.0. The molecule has 1 aliphatic rings. The maximum atomic E-state index is 14.0. The Labute approximate surface area is 241 Å². The summed E-state index contributed by atoms with van der Waals surface area (Å²) in [7, 11) is 0. The lowest BCUT2D eigenvalue weighted by Gasteiger charge is -2.31. The highest BCUT2D eigenvalue weighted by atomic mass is 79.9. The third kappa shape index (κ3) is 6.54. The molecule has 40 heavy (non-hydrogen) atoms.